The average molecular weight is 374 g/mol. The number of carbonyl (C=O) groups excluding carboxylic acids is 2. The van der Waals surface area contributed by atoms with Crippen molar-refractivity contribution in [2.24, 2.45) is 0 Å². The molecule has 118 valence electrons. The Morgan fingerprint density at radius 1 is 0.957 bits per heavy atom. The first-order chi connectivity index (χ1) is 11.0. The third kappa shape index (κ3) is 5.60. The van der Waals surface area contributed by atoms with Gasteiger partial charge in [0.05, 0.1) is 6.42 Å². The van der Waals surface area contributed by atoms with E-state index in [9.17, 15) is 9.59 Å². The van der Waals surface area contributed by atoms with E-state index >= 15 is 0 Å². The Kier molecular flexibility index (Phi) is 5.94. The van der Waals surface area contributed by atoms with Crippen LogP contribution in [0.2, 0.25) is 0 Å². The molecule has 0 aromatic heterocycles. The van der Waals surface area contributed by atoms with Crippen molar-refractivity contribution in [1.29, 1.82) is 0 Å². The summed E-state index contributed by atoms with van der Waals surface area (Å²) < 4.78 is 0.935. The minimum absolute atomic E-state index is 0.0468. The van der Waals surface area contributed by atoms with Gasteiger partial charge in [-0.25, -0.2) is 0 Å². The van der Waals surface area contributed by atoms with Crippen LogP contribution >= 0.6 is 15.9 Å². The molecule has 2 rings (SSSR count). The second-order valence-electron chi connectivity index (χ2n) is 4.78. The van der Waals surface area contributed by atoms with Gasteiger partial charge in [-0.3, -0.25) is 15.0 Å². The minimum atomic E-state index is -0.292. The second-order valence-corrected chi connectivity index (χ2v) is 5.70. The number of amides is 2. The number of anilines is 1. The highest BCUT2D eigenvalue weighted by Crippen LogP contribution is 2.14. The van der Waals surface area contributed by atoms with Gasteiger partial charge in [0.2, 0.25) is 5.91 Å². The van der Waals surface area contributed by atoms with E-state index < -0.39 is 0 Å². The van der Waals surface area contributed by atoms with Gasteiger partial charge in [0.15, 0.2) is 0 Å². The van der Waals surface area contributed by atoms with Crippen LogP contribution in [0.25, 0.3) is 0 Å². The fourth-order valence-electron chi connectivity index (χ4n) is 1.78. The summed E-state index contributed by atoms with van der Waals surface area (Å²) in [6, 6.07) is 16.0. The molecule has 0 unspecified atom stereocenters. The van der Waals surface area contributed by atoms with Crippen LogP contribution in [-0.4, -0.2) is 11.8 Å². The van der Waals surface area contributed by atoms with Gasteiger partial charge in [-0.1, -0.05) is 40.7 Å². The van der Waals surface area contributed by atoms with Crippen LogP contribution in [-0.2, 0) is 4.79 Å². The van der Waals surface area contributed by atoms with Crippen molar-refractivity contribution in [3.63, 3.8) is 0 Å². The van der Waals surface area contributed by atoms with E-state index in [1.807, 2.05) is 18.2 Å². The lowest BCUT2D eigenvalue weighted by Gasteiger charge is -2.11. The zero-order valence-electron chi connectivity index (χ0n) is 12.3. The third-order valence-electron chi connectivity index (χ3n) is 2.89. The number of hydrazine groups is 1. The molecule has 0 saturated heterocycles. The molecule has 0 bridgehead atoms. The van der Waals surface area contributed by atoms with Crippen LogP contribution in [0.5, 0.6) is 0 Å². The largest absolute Gasteiger partial charge is 0.326 e. The zero-order valence-corrected chi connectivity index (χ0v) is 13.9. The van der Waals surface area contributed by atoms with Crippen molar-refractivity contribution in [3.05, 3.63) is 76.9 Å². The molecular formula is C17H16BrN3O2. The fraction of sp³-hybridized carbons (Fsp3) is 0.0588. The minimum Gasteiger partial charge on any atom is -0.326 e. The van der Waals surface area contributed by atoms with E-state index in [0.717, 1.165) is 4.47 Å². The maximum atomic E-state index is 11.9. The maximum Gasteiger partial charge on any atom is 0.269 e. The summed E-state index contributed by atoms with van der Waals surface area (Å²) in [6.45, 7) is 3.72. The van der Waals surface area contributed by atoms with Crippen molar-refractivity contribution in [2.75, 3.05) is 5.32 Å². The number of hydrogen-bond acceptors (Lipinski definition) is 3. The summed E-state index contributed by atoms with van der Waals surface area (Å²) >= 11 is 3.33. The van der Waals surface area contributed by atoms with Crippen molar-refractivity contribution in [3.8, 4) is 0 Å². The summed E-state index contributed by atoms with van der Waals surface area (Å²) in [4.78, 5) is 23.7. The highest BCUT2D eigenvalue weighted by atomic mass is 79.9. The highest BCUT2D eigenvalue weighted by molar-refractivity contribution is 9.10. The molecule has 0 saturated carbocycles. The van der Waals surface area contributed by atoms with E-state index in [2.05, 4.69) is 38.7 Å². The van der Waals surface area contributed by atoms with Crippen LogP contribution in [0, 0.1) is 0 Å². The summed E-state index contributed by atoms with van der Waals surface area (Å²) in [6.07, 6.45) is 0.0468. The van der Waals surface area contributed by atoms with Crippen LogP contribution in [0.3, 0.4) is 0 Å². The van der Waals surface area contributed by atoms with Gasteiger partial charge in [-0.15, -0.1) is 0 Å². The first-order valence-corrected chi connectivity index (χ1v) is 7.68. The molecule has 6 heteroatoms. The van der Waals surface area contributed by atoms with Crippen molar-refractivity contribution in [1.82, 2.24) is 10.9 Å². The van der Waals surface area contributed by atoms with Gasteiger partial charge in [-0.2, -0.15) is 0 Å². The molecule has 0 aliphatic carbocycles. The monoisotopic (exact) mass is 373 g/mol. The molecule has 5 nitrogen and oxygen atoms in total. The normalized spacial score (nSPS) is 9.78. The lowest BCUT2D eigenvalue weighted by Crippen LogP contribution is -2.37. The molecule has 0 aliphatic rings. The third-order valence-corrected chi connectivity index (χ3v) is 3.42. The van der Waals surface area contributed by atoms with Crippen molar-refractivity contribution < 1.29 is 9.59 Å². The maximum absolute atomic E-state index is 11.9. The summed E-state index contributed by atoms with van der Waals surface area (Å²) in [5.74, 6) is -0.515. The Morgan fingerprint density at radius 3 is 2.26 bits per heavy atom. The highest BCUT2D eigenvalue weighted by Gasteiger charge is 2.07. The Morgan fingerprint density at radius 2 is 1.61 bits per heavy atom. The van der Waals surface area contributed by atoms with Crippen LogP contribution < -0.4 is 16.2 Å². The van der Waals surface area contributed by atoms with Gasteiger partial charge < -0.3 is 10.7 Å². The Labute approximate surface area is 142 Å². The van der Waals surface area contributed by atoms with Gasteiger partial charge in [0.25, 0.3) is 5.91 Å². The SMILES string of the molecule is C=C(CC(=O)Nc1ccc(Br)cc1)NNC(=O)c1ccccc1. The van der Waals surface area contributed by atoms with Crippen molar-refractivity contribution >= 4 is 33.4 Å². The Balaban J connectivity index is 1.77. The summed E-state index contributed by atoms with van der Waals surface area (Å²) in [5.41, 5.74) is 6.75. The van der Waals surface area contributed by atoms with Gasteiger partial charge in [-0.05, 0) is 36.4 Å². The molecule has 2 amide bonds. The van der Waals surface area contributed by atoms with Crippen molar-refractivity contribution in [2.45, 2.75) is 6.42 Å². The molecule has 0 radical (unpaired) electrons. The number of rotatable bonds is 6. The molecule has 0 spiro atoms. The smallest absolute Gasteiger partial charge is 0.269 e. The standard InChI is InChI=1S/C17H16BrN3O2/c1-12(20-21-17(23)13-5-3-2-4-6-13)11-16(22)19-15-9-7-14(18)8-10-15/h2-10,20H,1,11H2,(H,19,22)(H,21,23). The Bertz CT molecular complexity index is 700. The van der Waals surface area contributed by atoms with Gasteiger partial charge in [0, 0.05) is 21.4 Å². The molecule has 0 atom stereocenters. The van der Waals surface area contributed by atoms with E-state index in [1.54, 1.807) is 36.4 Å². The number of carbonyl (C=O) groups is 2. The van der Waals surface area contributed by atoms with E-state index in [1.165, 1.54) is 0 Å². The molecule has 0 heterocycles. The molecular weight excluding hydrogens is 358 g/mol. The number of halogens is 1. The lowest BCUT2D eigenvalue weighted by atomic mass is 10.2. The average Bonchev–Trinajstić information content (AvgIpc) is 2.55. The molecule has 0 aliphatic heterocycles. The molecule has 0 fully saturated rings. The number of nitrogens with one attached hydrogen (secondary N) is 3. The molecule has 2 aromatic rings. The summed E-state index contributed by atoms with van der Waals surface area (Å²) in [7, 11) is 0. The first kappa shape index (κ1) is 16.8. The summed E-state index contributed by atoms with van der Waals surface area (Å²) in [5, 5.41) is 2.75. The van der Waals surface area contributed by atoms with Gasteiger partial charge in [0.1, 0.15) is 0 Å². The molecule has 23 heavy (non-hydrogen) atoms. The molecule has 2 aromatic carbocycles. The second kappa shape index (κ2) is 8.14. The number of benzene rings is 2. The van der Waals surface area contributed by atoms with Crippen LogP contribution in [0.15, 0.2) is 71.3 Å². The number of hydrogen-bond donors (Lipinski definition) is 3. The lowest BCUT2D eigenvalue weighted by molar-refractivity contribution is -0.115. The van der Waals surface area contributed by atoms with Crippen LogP contribution in [0.4, 0.5) is 5.69 Å². The molecule has 3 N–H and O–H groups in total. The fourth-order valence-corrected chi connectivity index (χ4v) is 2.05. The Hall–Kier alpha value is -2.60. The van der Waals surface area contributed by atoms with E-state index in [4.69, 9.17) is 0 Å². The quantitative estimate of drug-likeness (QED) is 0.680. The topological polar surface area (TPSA) is 70.2 Å². The first-order valence-electron chi connectivity index (χ1n) is 6.89. The van der Waals surface area contributed by atoms with Gasteiger partial charge >= 0.3 is 0 Å². The predicted molar refractivity (Wildman–Crippen MR) is 93.6 cm³/mol. The van der Waals surface area contributed by atoms with E-state index in [0.29, 0.717) is 16.9 Å². The predicted octanol–water partition coefficient (Wildman–Crippen LogP) is 3.23. The van der Waals surface area contributed by atoms with Crippen LogP contribution in [0.1, 0.15) is 16.8 Å². The zero-order chi connectivity index (χ0) is 16.7. The van der Waals surface area contributed by atoms with E-state index in [-0.39, 0.29) is 18.2 Å².